The van der Waals surface area contributed by atoms with Crippen LogP contribution in [0.15, 0.2) is 54.6 Å². The molecule has 1 fully saturated rings. The molecule has 134 valence electrons. The van der Waals surface area contributed by atoms with Crippen molar-refractivity contribution in [2.24, 2.45) is 7.05 Å². The molecule has 4 rings (SSSR count). The first-order valence-electron chi connectivity index (χ1n) is 9.17. The lowest BCUT2D eigenvalue weighted by molar-refractivity contribution is 0.306. The van der Waals surface area contributed by atoms with Crippen molar-refractivity contribution >= 4 is 0 Å². The van der Waals surface area contributed by atoms with Gasteiger partial charge in [0.1, 0.15) is 12.4 Å². The fraction of sp³-hybridized carbons (Fsp3) is 0.333. The Morgan fingerprint density at radius 3 is 2.62 bits per heavy atom. The van der Waals surface area contributed by atoms with Gasteiger partial charge in [-0.15, -0.1) is 0 Å². The molecule has 0 amide bonds. The Kier molecular flexibility index (Phi) is 4.97. The molecule has 1 aliphatic heterocycles. The summed E-state index contributed by atoms with van der Waals surface area (Å²) in [5.74, 6) is 2.61. The molecule has 0 atom stereocenters. The maximum absolute atomic E-state index is 5.94. The van der Waals surface area contributed by atoms with Crippen LogP contribution in [0.2, 0.25) is 0 Å². The highest BCUT2D eigenvalue weighted by Gasteiger charge is 2.16. The van der Waals surface area contributed by atoms with E-state index in [1.54, 1.807) is 0 Å². The van der Waals surface area contributed by atoms with E-state index in [1.165, 1.54) is 12.8 Å². The Hall–Kier alpha value is -2.66. The maximum Gasteiger partial charge on any atom is 0.165 e. The van der Waals surface area contributed by atoms with Crippen molar-refractivity contribution in [2.45, 2.75) is 26.0 Å². The van der Waals surface area contributed by atoms with Crippen molar-refractivity contribution in [3.8, 4) is 17.1 Å². The number of rotatable bonds is 6. The van der Waals surface area contributed by atoms with E-state index in [4.69, 9.17) is 9.72 Å². The van der Waals surface area contributed by atoms with Crippen molar-refractivity contribution in [3.05, 3.63) is 66.0 Å². The molecule has 2 heterocycles. The molecular weight excluding hydrogens is 324 g/mol. The second-order valence-corrected chi connectivity index (χ2v) is 6.76. The van der Waals surface area contributed by atoms with Gasteiger partial charge in [0.25, 0.3) is 0 Å². The van der Waals surface area contributed by atoms with Crippen LogP contribution in [-0.2, 0) is 20.2 Å². The summed E-state index contributed by atoms with van der Waals surface area (Å²) in [5, 5.41) is 4.60. The predicted octanol–water partition coefficient (Wildman–Crippen LogP) is 3.66. The minimum Gasteiger partial charge on any atom is -0.489 e. The van der Waals surface area contributed by atoms with E-state index in [9.17, 15) is 0 Å². The van der Waals surface area contributed by atoms with Gasteiger partial charge >= 0.3 is 0 Å². The number of hydrogen-bond acceptors (Lipinski definition) is 4. The Balaban J connectivity index is 1.48. The summed E-state index contributed by atoms with van der Waals surface area (Å²) in [6.45, 7) is 3.69. The van der Waals surface area contributed by atoms with E-state index in [0.29, 0.717) is 6.61 Å². The van der Waals surface area contributed by atoms with Crippen molar-refractivity contribution in [3.63, 3.8) is 0 Å². The van der Waals surface area contributed by atoms with Gasteiger partial charge in [-0.3, -0.25) is 4.90 Å². The van der Waals surface area contributed by atoms with E-state index < -0.39 is 0 Å². The second-order valence-electron chi connectivity index (χ2n) is 6.76. The Bertz CT molecular complexity index is 853. The first kappa shape index (κ1) is 16.8. The third-order valence-electron chi connectivity index (χ3n) is 4.71. The third kappa shape index (κ3) is 3.94. The van der Waals surface area contributed by atoms with Gasteiger partial charge in [-0.1, -0.05) is 42.5 Å². The van der Waals surface area contributed by atoms with E-state index in [0.717, 1.165) is 48.2 Å². The first-order chi connectivity index (χ1) is 12.8. The molecule has 3 aromatic rings. The number of aromatic nitrogens is 3. The van der Waals surface area contributed by atoms with Crippen LogP contribution in [0.1, 0.15) is 24.2 Å². The zero-order chi connectivity index (χ0) is 17.8. The fourth-order valence-electron chi connectivity index (χ4n) is 3.36. The first-order valence-corrected chi connectivity index (χ1v) is 9.17. The molecule has 1 aliphatic rings. The molecule has 5 heteroatoms. The van der Waals surface area contributed by atoms with Crippen molar-refractivity contribution in [1.82, 2.24) is 19.7 Å². The molecule has 1 saturated heterocycles. The third-order valence-corrected chi connectivity index (χ3v) is 4.71. The molecule has 0 aliphatic carbocycles. The van der Waals surface area contributed by atoms with Gasteiger partial charge in [-0.25, -0.2) is 9.67 Å². The topological polar surface area (TPSA) is 43.2 Å². The van der Waals surface area contributed by atoms with Gasteiger partial charge in [-0.05, 0) is 43.6 Å². The second kappa shape index (κ2) is 7.70. The van der Waals surface area contributed by atoms with Crippen LogP contribution in [0.5, 0.6) is 5.75 Å². The van der Waals surface area contributed by atoms with Crippen LogP contribution in [0.4, 0.5) is 0 Å². The molecule has 2 aromatic carbocycles. The van der Waals surface area contributed by atoms with Gasteiger partial charge in [-0.2, -0.15) is 5.10 Å². The lowest BCUT2D eigenvalue weighted by atomic mass is 10.2. The van der Waals surface area contributed by atoms with E-state index in [2.05, 4.69) is 28.2 Å². The Labute approximate surface area is 154 Å². The highest BCUT2D eigenvalue weighted by atomic mass is 16.5. The molecule has 0 bridgehead atoms. The Morgan fingerprint density at radius 2 is 1.81 bits per heavy atom. The van der Waals surface area contributed by atoms with Gasteiger partial charge < -0.3 is 4.74 Å². The van der Waals surface area contributed by atoms with Crippen LogP contribution in [0.3, 0.4) is 0 Å². The number of hydrogen-bond donors (Lipinski definition) is 0. The fourth-order valence-corrected chi connectivity index (χ4v) is 3.36. The Morgan fingerprint density at radius 1 is 1.00 bits per heavy atom. The molecule has 0 spiro atoms. The van der Waals surface area contributed by atoms with E-state index in [-0.39, 0.29) is 0 Å². The van der Waals surface area contributed by atoms with Crippen molar-refractivity contribution < 1.29 is 4.74 Å². The molecule has 0 unspecified atom stereocenters. The lowest BCUT2D eigenvalue weighted by Gasteiger charge is -2.10. The number of ether oxygens (including phenoxy) is 1. The summed E-state index contributed by atoms with van der Waals surface area (Å²) in [6, 6.07) is 18.3. The number of nitrogens with zero attached hydrogens (tertiary/aromatic N) is 4. The van der Waals surface area contributed by atoms with Gasteiger partial charge in [0, 0.05) is 12.6 Å². The van der Waals surface area contributed by atoms with Crippen LogP contribution in [-0.4, -0.2) is 32.8 Å². The van der Waals surface area contributed by atoms with Crippen LogP contribution < -0.4 is 4.74 Å². The lowest BCUT2D eigenvalue weighted by Crippen LogP contribution is -2.19. The van der Waals surface area contributed by atoms with E-state index in [1.807, 2.05) is 48.1 Å². The summed E-state index contributed by atoms with van der Waals surface area (Å²) < 4.78 is 7.81. The highest BCUT2D eigenvalue weighted by Crippen LogP contribution is 2.23. The normalized spacial score (nSPS) is 14.7. The van der Waals surface area contributed by atoms with Crippen LogP contribution in [0, 0.1) is 0 Å². The summed E-state index contributed by atoms with van der Waals surface area (Å²) >= 11 is 0. The van der Waals surface area contributed by atoms with Crippen molar-refractivity contribution in [1.29, 1.82) is 0 Å². The minimum absolute atomic E-state index is 0.559. The molecule has 26 heavy (non-hydrogen) atoms. The molecule has 0 saturated carbocycles. The number of likely N-dealkylation sites (tertiary alicyclic amines) is 1. The van der Waals surface area contributed by atoms with Gasteiger partial charge in [0.05, 0.1) is 6.54 Å². The van der Waals surface area contributed by atoms with Crippen molar-refractivity contribution in [2.75, 3.05) is 13.1 Å². The smallest absolute Gasteiger partial charge is 0.165 e. The average Bonchev–Trinajstić information content (AvgIpc) is 3.31. The SMILES string of the molecule is Cn1nc(CN2CCCC2)nc1-c1cccc(OCc2ccccc2)c1. The van der Waals surface area contributed by atoms with Gasteiger partial charge in [0.15, 0.2) is 11.6 Å². The standard InChI is InChI=1S/C21H24N4O/c1-24-21(22-20(23-24)15-25-12-5-6-13-25)18-10-7-11-19(14-18)26-16-17-8-3-2-4-9-17/h2-4,7-11,14H,5-6,12-13,15-16H2,1H3. The van der Waals surface area contributed by atoms with Crippen LogP contribution in [0.25, 0.3) is 11.4 Å². The quantitative estimate of drug-likeness (QED) is 0.682. The number of benzene rings is 2. The zero-order valence-corrected chi connectivity index (χ0v) is 15.1. The molecule has 5 nitrogen and oxygen atoms in total. The predicted molar refractivity (Wildman–Crippen MR) is 102 cm³/mol. The molecule has 0 radical (unpaired) electrons. The summed E-state index contributed by atoms with van der Waals surface area (Å²) in [4.78, 5) is 7.17. The summed E-state index contributed by atoms with van der Waals surface area (Å²) in [7, 11) is 1.95. The minimum atomic E-state index is 0.559. The summed E-state index contributed by atoms with van der Waals surface area (Å²) in [5.41, 5.74) is 2.18. The average molecular weight is 348 g/mol. The van der Waals surface area contributed by atoms with Gasteiger partial charge in [0.2, 0.25) is 0 Å². The molecule has 1 aromatic heterocycles. The highest BCUT2D eigenvalue weighted by molar-refractivity contribution is 5.57. The molecular formula is C21H24N4O. The number of aryl methyl sites for hydroxylation is 1. The van der Waals surface area contributed by atoms with E-state index >= 15 is 0 Å². The van der Waals surface area contributed by atoms with Crippen LogP contribution >= 0.6 is 0 Å². The zero-order valence-electron chi connectivity index (χ0n) is 15.1. The molecule has 0 N–H and O–H groups in total. The summed E-state index contributed by atoms with van der Waals surface area (Å²) in [6.07, 6.45) is 2.56. The largest absolute Gasteiger partial charge is 0.489 e. The maximum atomic E-state index is 5.94. The monoisotopic (exact) mass is 348 g/mol.